The Morgan fingerprint density at radius 2 is 1.59 bits per heavy atom. The summed E-state index contributed by atoms with van der Waals surface area (Å²) in [6.45, 7) is 7.79. The van der Waals surface area contributed by atoms with E-state index in [2.05, 4.69) is 39.0 Å². The first-order valence-electron chi connectivity index (χ1n) is 9.26. The van der Waals surface area contributed by atoms with E-state index in [9.17, 15) is 8.42 Å². The maximum Gasteiger partial charge on any atom is 0.240 e. The predicted molar refractivity (Wildman–Crippen MR) is 111 cm³/mol. The van der Waals surface area contributed by atoms with E-state index in [4.69, 9.17) is 0 Å². The highest BCUT2D eigenvalue weighted by Gasteiger charge is 2.16. The van der Waals surface area contributed by atoms with Crippen LogP contribution in [0.25, 0.3) is 0 Å². The number of rotatable bonds is 6. The summed E-state index contributed by atoms with van der Waals surface area (Å²) >= 11 is 0. The average Bonchev–Trinajstić information content (AvgIpc) is 2.62. The summed E-state index contributed by atoms with van der Waals surface area (Å²) in [7, 11) is -1.31. The van der Waals surface area contributed by atoms with Gasteiger partial charge in [-0.2, -0.15) is 0 Å². The second kappa shape index (κ2) is 8.29. The molecule has 1 fully saturated rings. The van der Waals surface area contributed by atoms with Gasteiger partial charge in [-0.15, -0.1) is 0 Å². The molecule has 0 saturated carbocycles. The van der Waals surface area contributed by atoms with Crippen LogP contribution in [-0.4, -0.2) is 52.6 Å². The molecular weight excluding hydrogens is 360 g/mol. The molecule has 6 nitrogen and oxygen atoms in total. The van der Waals surface area contributed by atoms with Crippen LogP contribution in [0.2, 0.25) is 0 Å². The summed E-state index contributed by atoms with van der Waals surface area (Å²) in [5.41, 5.74) is 3.05. The minimum atomic E-state index is -3.46. The molecule has 0 amide bonds. The maximum atomic E-state index is 12.2. The third kappa shape index (κ3) is 5.22. The fraction of sp³-hybridized carbons (Fsp3) is 0.400. The van der Waals surface area contributed by atoms with E-state index >= 15 is 0 Å². The Bertz CT molecular complexity index is 858. The van der Waals surface area contributed by atoms with Crippen LogP contribution in [0.5, 0.6) is 0 Å². The quantitative estimate of drug-likeness (QED) is 0.797. The van der Waals surface area contributed by atoms with Gasteiger partial charge in [-0.1, -0.05) is 6.07 Å². The molecule has 0 bridgehead atoms. The third-order valence-electron chi connectivity index (χ3n) is 4.56. The lowest BCUT2D eigenvalue weighted by atomic mass is 10.2. The van der Waals surface area contributed by atoms with Crippen LogP contribution in [0.1, 0.15) is 13.8 Å². The molecule has 1 heterocycles. The van der Waals surface area contributed by atoms with Gasteiger partial charge in [0.25, 0.3) is 0 Å². The van der Waals surface area contributed by atoms with Crippen molar-refractivity contribution in [2.75, 3.05) is 43.4 Å². The summed E-state index contributed by atoms with van der Waals surface area (Å²) in [5, 5.41) is 3.36. The van der Waals surface area contributed by atoms with E-state index in [-0.39, 0.29) is 10.9 Å². The summed E-state index contributed by atoms with van der Waals surface area (Å²) in [4.78, 5) is 4.99. The number of sulfonamides is 1. The van der Waals surface area contributed by atoms with Crippen molar-refractivity contribution in [2.45, 2.75) is 24.8 Å². The average molecular weight is 389 g/mol. The van der Waals surface area contributed by atoms with Crippen molar-refractivity contribution in [1.82, 2.24) is 9.62 Å². The number of benzene rings is 2. The number of nitrogens with zero attached hydrogens (tertiary/aromatic N) is 2. The predicted octanol–water partition coefficient (Wildman–Crippen LogP) is 2.87. The smallest absolute Gasteiger partial charge is 0.240 e. The van der Waals surface area contributed by atoms with Crippen LogP contribution in [0.15, 0.2) is 53.4 Å². The molecule has 0 aliphatic carbocycles. The highest BCUT2D eigenvalue weighted by Crippen LogP contribution is 2.24. The lowest BCUT2D eigenvalue weighted by Gasteiger charge is -2.34. The Hall–Kier alpha value is -2.09. The van der Waals surface area contributed by atoms with Gasteiger partial charge in [0.1, 0.15) is 0 Å². The summed E-state index contributed by atoms with van der Waals surface area (Å²) < 4.78 is 27.0. The van der Waals surface area contributed by atoms with E-state index in [0.29, 0.717) is 0 Å². The Morgan fingerprint density at radius 3 is 2.22 bits per heavy atom. The summed E-state index contributed by atoms with van der Waals surface area (Å²) in [6, 6.07) is 15.0. The van der Waals surface area contributed by atoms with E-state index in [1.54, 1.807) is 38.1 Å². The molecule has 0 atom stereocenters. The van der Waals surface area contributed by atoms with Crippen molar-refractivity contribution >= 4 is 27.1 Å². The molecule has 2 N–H and O–H groups in total. The van der Waals surface area contributed by atoms with Gasteiger partial charge in [-0.25, -0.2) is 13.1 Å². The normalized spacial score (nSPS) is 15.9. The maximum absolute atomic E-state index is 12.2. The Labute approximate surface area is 162 Å². The number of piperazine rings is 1. The fourth-order valence-corrected chi connectivity index (χ4v) is 4.36. The molecule has 0 radical (unpaired) electrons. The molecule has 1 aliphatic heterocycles. The minimum absolute atomic E-state index is 0.134. The number of hydrogen-bond donors (Lipinski definition) is 2. The largest absolute Gasteiger partial charge is 0.369 e. The van der Waals surface area contributed by atoms with Gasteiger partial charge in [0.15, 0.2) is 0 Å². The second-order valence-corrected chi connectivity index (χ2v) is 8.98. The van der Waals surface area contributed by atoms with Crippen LogP contribution in [0.4, 0.5) is 17.1 Å². The highest BCUT2D eigenvalue weighted by molar-refractivity contribution is 7.89. The van der Waals surface area contributed by atoms with Crippen molar-refractivity contribution in [3.63, 3.8) is 0 Å². The number of anilines is 3. The van der Waals surface area contributed by atoms with Crippen LogP contribution < -0.4 is 14.9 Å². The zero-order valence-corrected chi connectivity index (χ0v) is 17.0. The first-order valence-corrected chi connectivity index (χ1v) is 10.7. The SMILES string of the molecule is CC(C)NS(=O)(=O)c1ccc(Nc2cccc(N3CCN(C)CC3)c2)cc1. The summed E-state index contributed by atoms with van der Waals surface area (Å²) in [6.07, 6.45) is 0. The van der Waals surface area contributed by atoms with Crippen molar-refractivity contribution in [3.05, 3.63) is 48.5 Å². The van der Waals surface area contributed by atoms with Gasteiger partial charge in [0.2, 0.25) is 10.0 Å². The van der Waals surface area contributed by atoms with Crippen LogP contribution >= 0.6 is 0 Å². The van der Waals surface area contributed by atoms with Crippen molar-refractivity contribution in [1.29, 1.82) is 0 Å². The second-order valence-electron chi connectivity index (χ2n) is 7.27. The van der Waals surface area contributed by atoms with Crippen molar-refractivity contribution < 1.29 is 8.42 Å². The highest BCUT2D eigenvalue weighted by atomic mass is 32.2. The fourth-order valence-electron chi connectivity index (χ4n) is 3.11. The van der Waals surface area contributed by atoms with Crippen LogP contribution in [-0.2, 0) is 10.0 Å². The molecule has 1 saturated heterocycles. The molecule has 2 aromatic carbocycles. The molecule has 0 spiro atoms. The van der Waals surface area contributed by atoms with E-state index in [0.717, 1.165) is 37.6 Å². The molecule has 7 heteroatoms. The Morgan fingerprint density at radius 1 is 0.926 bits per heavy atom. The Kier molecular flexibility index (Phi) is 6.04. The molecule has 0 unspecified atom stereocenters. The third-order valence-corrected chi connectivity index (χ3v) is 6.23. The summed E-state index contributed by atoms with van der Waals surface area (Å²) in [5.74, 6) is 0. The molecular formula is C20H28N4O2S. The molecule has 2 aromatic rings. The molecule has 1 aliphatic rings. The monoisotopic (exact) mass is 388 g/mol. The van der Waals surface area contributed by atoms with Crippen molar-refractivity contribution in [2.24, 2.45) is 0 Å². The number of hydrogen-bond acceptors (Lipinski definition) is 5. The molecule has 0 aromatic heterocycles. The van der Waals surface area contributed by atoms with Crippen LogP contribution in [0.3, 0.4) is 0 Å². The Balaban J connectivity index is 1.70. The van der Waals surface area contributed by atoms with Gasteiger partial charge in [0, 0.05) is 49.3 Å². The van der Waals surface area contributed by atoms with E-state index < -0.39 is 10.0 Å². The van der Waals surface area contributed by atoms with Gasteiger partial charge < -0.3 is 15.1 Å². The molecule has 27 heavy (non-hydrogen) atoms. The van der Waals surface area contributed by atoms with Gasteiger partial charge >= 0.3 is 0 Å². The topological polar surface area (TPSA) is 64.7 Å². The lowest BCUT2D eigenvalue weighted by Crippen LogP contribution is -2.44. The minimum Gasteiger partial charge on any atom is -0.369 e. The zero-order chi connectivity index (χ0) is 19.4. The van der Waals surface area contributed by atoms with Gasteiger partial charge in [-0.3, -0.25) is 0 Å². The number of nitrogens with one attached hydrogen (secondary N) is 2. The molecule has 146 valence electrons. The first-order chi connectivity index (χ1) is 12.8. The van der Waals surface area contributed by atoms with E-state index in [1.165, 1.54) is 5.69 Å². The van der Waals surface area contributed by atoms with Gasteiger partial charge in [-0.05, 0) is 63.4 Å². The lowest BCUT2D eigenvalue weighted by molar-refractivity contribution is 0.313. The standard InChI is InChI=1S/C20H28N4O2S/c1-16(2)22-27(25,26)20-9-7-17(8-10-20)21-18-5-4-6-19(15-18)24-13-11-23(3)12-14-24/h4-10,15-16,21-22H,11-14H2,1-3H3. The van der Waals surface area contributed by atoms with Crippen molar-refractivity contribution in [3.8, 4) is 0 Å². The molecule has 3 rings (SSSR count). The van der Waals surface area contributed by atoms with Crippen LogP contribution in [0, 0.1) is 0 Å². The number of likely N-dealkylation sites (N-methyl/N-ethyl adjacent to an activating group) is 1. The zero-order valence-electron chi connectivity index (χ0n) is 16.1. The first kappa shape index (κ1) is 19.7. The van der Waals surface area contributed by atoms with Gasteiger partial charge in [0.05, 0.1) is 4.90 Å². The van der Waals surface area contributed by atoms with E-state index in [1.807, 2.05) is 12.1 Å².